The van der Waals surface area contributed by atoms with Crippen LogP contribution in [0.2, 0.25) is 0 Å². The standard InChI is InChI=1S/C26H32N6/c1-20-9-11-24-22(18-20)19-32(27)26(29-24)8-4-5-13-30-14-16-31(17-15-30)25-12-10-21-6-2-3-7-23(21)28-25/h2-3,6-7,9-12,18-19,26H,4-5,8,13-17,27H2,1H3. The van der Waals surface area contributed by atoms with Crippen molar-refractivity contribution in [1.82, 2.24) is 14.9 Å². The van der Waals surface area contributed by atoms with Crippen molar-refractivity contribution < 1.29 is 0 Å². The number of para-hydroxylation sites is 1. The maximum atomic E-state index is 6.24. The van der Waals surface area contributed by atoms with Crippen LogP contribution in [0.5, 0.6) is 0 Å². The minimum Gasteiger partial charge on any atom is -0.354 e. The summed E-state index contributed by atoms with van der Waals surface area (Å²) in [4.78, 5) is 14.7. The molecule has 1 aromatic heterocycles. The summed E-state index contributed by atoms with van der Waals surface area (Å²) in [6.45, 7) is 7.47. The van der Waals surface area contributed by atoms with Crippen LogP contribution >= 0.6 is 0 Å². The molecule has 1 unspecified atom stereocenters. The molecule has 3 aromatic rings. The topological polar surface area (TPSA) is 61.0 Å². The van der Waals surface area contributed by atoms with E-state index in [4.69, 9.17) is 15.8 Å². The Balaban J connectivity index is 1.08. The van der Waals surface area contributed by atoms with Crippen LogP contribution in [0.3, 0.4) is 0 Å². The van der Waals surface area contributed by atoms with Crippen molar-refractivity contribution in [3.05, 3.63) is 70.7 Å². The average Bonchev–Trinajstić information content (AvgIpc) is 2.82. The molecule has 6 nitrogen and oxygen atoms in total. The van der Waals surface area contributed by atoms with Crippen molar-refractivity contribution in [3.63, 3.8) is 0 Å². The number of piperazine rings is 1. The second-order valence-corrected chi connectivity index (χ2v) is 8.93. The molecule has 2 N–H and O–H groups in total. The van der Waals surface area contributed by atoms with Gasteiger partial charge in [-0.3, -0.25) is 14.9 Å². The number of benzene rings is 2. The summed E-state index contributed by atoms with van der Waals surface area (Å²) in [7, 11) is 0. The van der Waals surface area contributed by atoms with Crippen LogP contribution in [0, 0.1) is 6.92 Å². The number of unbranched alkanes of at least 4 members (excludes halogenated alkanes) is 1. The zero-order valence-corrected chi connectivity index (χ0v) is 18.8. The quantitative estimate of drug-likeness (QED) is 0.483. The first-order valence-electron chi connectivity index (χ1n) is 11.7. The van der Waals surface area contributed by atoms with E-state index in [2.05, 4.69) is 71.3 Å². The van der Waals surface area contributed by atoms with Crippen molar-refractivity contribution in [3.8, 4) is 0 Å². The lowest BCUT2D eigenvalue weighted by molar-refractivity contribution is 0.241. The monoisotopic (exact) mass is 428 g/mol. The van der Waals surface area contributed by atoms with Crippen molar-refractivity contribution >= 4 is 22.9 Å². The Morgan fingerprint density at radius 1 is 0.969 bits per heavy atom. The lowest BCUT2D eigenvalue weighted by Crippen LogP contribution is -2.47. The van der Waals surface area contributed by atoms with E-state index in [0.717, 1.165) is 67.5 Å². The predicted octanol–water partition coefficient (Wildman–Crippen LogP) is 2.41. The smallest absolute Gasteiger partial charge is 0.135 e. The molecule has 1 fully saturated rings. The molecule has 1 atom stereocenters. The van der Waals surface area contributed by atoms with E-state index in [1.165, 1.54) is 17.4 Å². The minimum atomic E-state index is 0.0426. The fourth-order valence-electron chi connectivity index (χ4n) is 4.68. The first kappa shape index (κ1) is 20.9. The Morgan fingerprint density at radius 2 is 1.81 bits per heavy atom. The van der Waals surface area contributed by atoms with Gasteiger partial charge in [0.25, 0.3) is 0 Å². The number of nitrogens with zero attached hydrogens (tertiary/aromatic N) is 5. The number of aryl methyl sites for hydroxylation is 1. The molecule has 2 aliphatic heterocycles. The number of aromatic nitrogens is 1. The van der Waals surface area contributed by atoms with Gasteiger partial charge in [0.05, 0.1) is 10.9 Å². The number of anilines is 1. The summed E-state index contributed by atoms with van der Waals surface area (Å²) in [5.74, 6) is 7.33. The minimum absolute atomic E-state index is 0.0426. The largest absolute Gasteiger partial charge is 0.354 e. The Kier molecular flexibility index (Phi) is 6.06. The lowest BCUT2D eigenvalue weighted by atomic mass is 10.1. The van der Waals surface area contributed by atoms with Gasteiger partial charge in [0, 0.05) is 43.0 Å². The molecule has 0 spiro atoms. The molecule has 3 heterocycles. The van der Waals surface area contributed by atoms with E-state index in [9.17, 15) is 0 Å². The van der Waals surface area contributed by atoms with E-state index >= 15 is 0 Å². The van der Waals surface area contributed by atoms with Crippen LogP contribution in [0.4, 0.5) is 5.82 Å². The maximum absolute atomic E-state index is 6.24. The number of fused-ring (bicyclic) bond motifs is 2. The molecule has 2 aromatic carbocycles. The van der Waals surface area contributed by atoms with Gasteiger partial charge in [-0.2, -0.15) is 0 Å². The molecule has 32 heavy (non-hydrogen) atoms. The molecule has 6 heteroatoms. The number of rotatable bonds is 6. The summed E-state index contributed by atoms with van der Waals surface area (Å²) >= 11 is 0. The molecule has 0 bridgehead atoms. The van der Waals surface area contributed by atoms with E-state index in [1.807, 2.05) is 6.20 Å². The normalized spacial score (nSPS) is 18.9. The molecule has 0 radical (unpaired) electrons. The van der Waals surface area contributed by atoms with Crippen molar-refractivity contribution in [2.24, 2.45) is 10.8 Å². The van der Waals surface area contributed by atoms with Crippen LogP contribution < -0.4 is 21.3 Å². The predicted molar refractivity (Wildman–Crippen MR) is 130 cm³/mol. The third kappa shape index (κ3) is 4.61. The van der Waals surface area contributed by atoms with Crippen LogP contribution in [-0.2, 0) is 0 Å². The van der Waals surface area contributed by atoms with E-state index in [0.29, 0.717) is 0 Å². The highest BCUT2D eigenvalue weighted by molar-refractivity contribution is 5.80. The zero-order chi connectivity index (χ0) is 21.9. The molecule has 0 aliphatic carbocycles. The summed E-state index contributed by atoms with van der Waals surface area (Å²) in [5, 5.41) is 5.15. The van der Waals surface area contributed by atoms with Crippen LogP contribution in [0.15, 0.2) is 59.6 Å². The molecule has 166 valence electrons. The van der Waals surface area contributed by atoms with E-state index in [-0.39, 0.29) is 6.17 Å². The fraction of sp³-hybridized carbons (Fsp3) is 0.385. The Morgan fingerprint density at radius 3 is 2.69 bits per heavy atom. The number of pyridine rings is 1. The van der Waals surface area contributed by atoms with Crippen molar-refractivity contribution in [2.75, 3.05) is 37.6 Å². The van der Waals surface area contributed by atoms with Gasteiger partial charge in [0.1, 0.15) is 12.0 Å². The number of hydrazine groups is 1. The van der Waals surface area contributed by atoms with E-state index in [1.54, 1.807) is 5.01 Å². The zero-order valence-electron chi connectivity index (χ0n) is 18.8. The summed E-state index contributed by atoms with van der Waals surface area (Å²) < 4.78 is 0. The highest BCUT2D eigenvalue weighted by Gasteiger charge is 2.19. The summed E-state index contributed by atoms with van der Waals surface area (Å²) in [6, 6.07) is 19.0. The Labute approximate surface area is 189 Å². The highest BCUT2D eigenvalue weighted by atomic mass is 15.4. The fourth-order valence-corrected chi connectivity index (χ4v) is 4.68. The number of nitrogens with two attached hydrogens (primary N) is 1. The van der Waals surface area contributed by atoms with Crippen molar-refractivity contribution in [2.45, 2.75) is 32.4 Å². The molecule has 0 amide bonds. The molecule has 5 rings (SSSR count). The van der Waals surface area contributed by atoms with Gasteiger partial charge in [-0.1, -0.05) is 29.8 Å². The molecule has 2 aliphatic rings. The lowest BCUT2D eigenvalue weighted by Gasteiger charge is -2.35. The van der Waals surface area contributed by atoms with Gasteiger partial charge in [-0.05, 0) is 63.1 Å². The number of hydrogen-bond donors (Lipinski definition) is 1. The Bertz CT molecular complexity index is 1200. The third-order valence-corrected chi connectivity index (χ3v) is 6.57. The highest BCUT2D eigenvalue weighted by Crippen LogP contribution is 2.19. The molecular weight excluding hydrogens is 396 g/mol. The molecule has 1 saturated heterocycles. The average molecular weight is 429 g/mol. The van der Waals surface area contributed by atoms with Gasteiger partial charge < -0.3 is 4.90 Å². The second-order valence-electron chi connectivity index (χ2n) is 8.93. The number of hydrogen-bond acceptors (Lipinski definition) is 6. The summed E-state index contributed by atoms with van der Waals surface area (Å²) in [5.41, 5.74) is 2.31. The molecule has 0 saturated carbocycles. The van der Waals surface area contributed by atoms with Gasteiger partial charge in [-0.25, -0.2) is 10.8 Å². The second kappa shape index (κ2) is 9.27. The van der Waals surface area contributed by atoms with Gasteiger partial charge in [0.15, 0.2) is 0 Å². The third-order valence-electron chi connectivity index (χ3n) is 6.57. The summed E-state index contributed by atoms with van der Waals surface area (Å²) in [6.07, 6.45) is 5.36. The molecular formula is C26H32N6. The van der Waals surface area contributed by atoms with Gasteiger partial charge in [-0.15, -0.1) is 0 Å². The maximum Gasteiger partial charge on any atom is 0.135 e. The van der Waals surface area contributed by atoms with Crippen LogP contribution in [-0.4, -0.2) is 53.8 Å². The van der Waals surface area contributed by atoms with E-state index < -0.39 is 0 Å². The van der Waals surface area contributed by atoms with Crippen molar-refractivity contribution in [1.29, 1.82) is 0 Å². The van der Waals surface area contributed by atoms with Gasteiger partial charge in [0.2, 0.25) is 0 Å². The first-order chi connectivity index (χ1) is 15.7. The SMILES string of the molecule is Cc1ccc2c(c1)=CN(N)C(CCCCN1CCN(c3ccc4ccccc4n3)CC1)N=2. The Hall–Kier alpha value is -2.96. The van der Waals surface area contributed by atoms with Crippen LogP contribution in [0.25, 0.3) is 17.1 Å². The van der Waals surface area contributed by atoms with Gasteiger partial charge >= 0.3 is 0 Å². The van der Waals surface area contributed by atoms with Crippen LogP contribution in [0.1, 0.15) is 24.8 Å². The first-order valence-corrected chi connectivity index (χ1v) is 11.7.